The van der Waals surface area contributed by atoms with Crippen molar-refractivity contribution in [2.75, 3.05) is 11.9 Å². The Morgan fingerprint density at radius 3 is 2.52 bits per heavy atom. The third kappa shape index (κ3) is 4.31. The summed E-state index contributed by atoms with van der Waals surface area (Å²) in [6.07, 6.45) is 0. The first-order valence-electron chi connectivity index (χ1n) is 5.96. The third-order valence-corrected chi connectivity index (χ3v) is 3.74. The van der Waals surface area contributed by atoms with E-state index in [0.717, 1.165) is 4.47 Å². The Balaban J connectivity index is 2.07. The number of nitrogens with zero attached hydrogens (tertiary/aromatic N) is 1. The van der Waals surface area contributed by atoms with Crippen molar-refractivity contribution in [2.24, 2.45) is 0 Å². The molecule has 0 saturated carbocycles. The maximum absolute atomic E-state index is 12.2. The predicted octanol–water partition coefficient (Wildman–Crippen LogP) is 4.37. The first kappa shape index (κ1) is 15.5. The van der Waals surface area contributed by atoms with Crippen molar-refractivity contribution in [1.29, 1.82) is 5.26 Å². The highest BCUT2D eigenvalue weighted by Crippen LogP contribution is 2.23. The fraction of sp³-hybridized carbons (Fsp3) is 0.0667. The van der Waals surface area contributed by atoms with E-state index in [9.17, 15) is 4.79 Å². The molecule has 2 aromatic carbocycles. The number of rotatable bonds is 4. The maximum atomic E-state index is 12.2. The summed E-state index contributed by atoms with van der Waals surface area (Å²) in [5, 5.41) is 11.2. The summed E-state index contributed by atoms with van der Waals surface area (Å²) in [6, 6.07) is 14.1. The van der Waals surface area contributed by atoms with Gasteiger partial charge in [-0.05, 0) is 58.4 Å². The Morgan fingerprint density at radius 1 is 1.19 bits per heavy atom. The summed E-state index contributed by atoms with van der Waals surface area (Å²) in [4.78, 5) is 12.2. The van der Waals surface area contributed by atoms with Crippen LogP contribution in [0.1, 0.15) is 10.4 Å². The molecule has 0 unspecified atom stereocenters. The number of halogens is 2. The molecule has 0 aliphatic rings. The van der Waals surface area contributed by atoms with Crippen LogP contribution in [0, 0.1) is 11.3 Å². The predicted molar refractivity (Wildman–Crippen MR) is 87.3 cm³/mol. The molecule has 106 valence electrons. The molecule has 0 atom stereocenters. The largest absolute Gasteiger partial charge is 0.479 e. The van der Waals surface area contributed by atoms with Crippen molar-refractivity contribution < 1.29 is 9.53 Å². The second kappa shape index (κ2) is 7.25. The molecular weight excluding hydrogens is 400 g/mol. The van der Waals surface area contributed by atoms with E-state index in [1.165, 1.54) is 0 Å². The van der Waals surface area contributed by atoms with Gasteiger partial charge >= 0.3 is 0 Å². The van der Waals surface area contributed by atoms with Gasteiger partial charge in [0.15, 0.2) is 6.61 Å². The lowest BCUT2D eigenvalue weighted by Crippen LogP contribution is -2.12. The maximum Gasteiger partial charge on any atom is 0.256 e. The molecule has 21 heavy (non-hydrogen) atoms. The van der Waals surface area contributed by atoms with E-state index in [4.69, 9.17) is 10.00 Å². The number of carbonyl (C=O) groups is 1. The molecule has 2 aromatic rings. The minimum absolute atomic E-state index is 0.00243. The van der Waals surface area contributed by atoms with Gasteiger partial charge in [-0.3, -0.25) is 4.79 Å². The number of hydrogen-bond donors (Lipinski definition) is 1. The van der Waals surface area contributed by atoms with Crippen LogP contribution in [0.2, 0.25) is 0 Å². The average molecular weight is 410 g/mol. The molecule has 0 spiro atoms. The Kier molecular flexibility index (Phi) is 5.37. The van der Waals surface area contributed by atoms with E-state index in [1.54, 1.807) is 36.4 Å². The molecule has 1 N–H and O–H groups in total. The summed E-state index contributed by atoms with van der Waals surface area (Å²) in [7, 11) is 0. The van der Waals surface area contributed by atoms with Crippen LogP contribution < -0.4 is 10.1 Å². The topological polar surface area (TPSA) is 62.1 Å². The van der Waals surface area contributed by atoms with E-state index in [2.05, 4.69) is 37.2 Å². The van der Waals surface area contributed by atoms with Crippen molar-refractivity contribution in [3.8, 4) is 11.8 Å². The molecule has 0 heterocycles. The minimum atomic E-state index is -0.208. The second-order valence-corrected chi connectivity index (χ2v) is 5.82. The van der Waals surface area contributed by atoms with Gasteiger partial charge in [0, 0.05) is 14.6 Å². The monoisotopic (exact) mass is 408 g/mol. The van der Waals surface area contributed by atoms with Crippen molar-refractivity contribution in [3.63, 3.8) is 0 Å². The molecule has 0 aliphatic heterocycles. The first-order valence-corrected chi connectivity index (χ1v) is 7.55. The Hall–Kier alpha value is -1.84. The van der Waals surface area contributed by atoms with Crippen molar-refractivity contribution in [1.82, 2.24) is 0 Å². The van der Waals surface area contributed by atoms with Crippen LogP contribution in [0.3, 0.4) is 0 Å². The average Bonchev–Trinajstić information content (AvgIpc) is 2.46. The van der Waals surface area contributed by atoms with Crippen molar-refractivity contribution >= 4 is 43.5 Å². The van der Waals surface area contributed by atoms with Crippen LogP contribution >= 0.6 is 31.9 Å². The first-order chi connectivity index (χ1) is 10.1. The quantitative estimate of drug-likeness (QED) is 0.815. The summed E-state index contributed by atoms with van der Waals surface area (Å²) >= 11 is 6.70. The number of nitriles is 1. The lowest BCUT2D eigenvalue weighted by Gasteiger charge is -2.08. The van der Waals surface area contributed by atoms with Gasteiger partial charge in [-0.1, -0.05) is 15.9 Å². The zero-order valence-electron chi connectivity index (χ0n) is 10.8. The summed E-state index contributed by atoms with van der Waals surface area (Å²) in [5.41, 5.74) is 1.20. The van der Waals surface area contributed by atoms with Gasteiger partial charge in [0.05, 0.1) is 5.56 Å². The van der Waals surface area contributed by atoms with E-state index in [-0.39, 0.29) is 12.5 Å². The van der Waals surface area contributed by atoms with E-state index in [1.807, 2.05) is 12.1 Å². The highest BCUT2D eigenvalue weighted by Gasteiger charge is 2.10. The van der Waals surface area contributed by atoms with Crippen molar-refractivity contribution in [3.05, 3.63) is 57.0 Å². The van der Waals surface area contributed by atoms with Crippen LogP contribution in [0.4, 0.5) is 5.69 Å². The normalized spacial score (nSPS) is 9.76. The smallest absolute Gasteiger partial charge is 0.256 e. The lowest BCUT2D eigenvalue weighted by atomic mass is 10.2. The molecule has 0 fully saturated rings. The van der Waals surface area contributed by atoms with Gasteiger partial charge in [0.2, 0.25) is 0 Å². The third-order valence-electron chi connectivity index (χ3n) is 2.59. The van der Waals surface area contributed by atoms with Gasteiger partial charge in [-0.15, -0.1) is 0 Å². The number of hydrogen-bond acceptors (Lipinski definition) is 3. The highest BCUT2D eigenvalue weighted by atomic mass is 79.9. The molecule has 0 radical (unpaired) electrons. The number of benzene rings is 2. The number of anilines is 1. The van der Waals surface area contributed by atoms with E-state index < -0.39 is 0 Å². The van der Waals surface area contributed by atoms with Crippen LogP contribution in [-0.2, 0) is 0 Å². The van der Waals surface area contributed by atoms with Crippen LogP contribution in [-0.4, -0.2) is 12.5 Å². The van der Waals surface area contributed by atoms with Crippen LogP contribution in [0.15, 0.2) is 51.4 Å². The summed E-state index contributed by atoms with van der Waals surface area (Å²) in [5.74, 6) is 0.374. The van der Waals surface area contributed by atoms with Crippen molar-refractivity contribution in [2.45, 2.75) is 0 Å². The molecule has 1 amide bonds. The molecule has 0 saturated heterocycles. The molecule has 0 aromatic heterocycles. The van der Waals surface area contributed by atoms with Gasteiger partial charge in [0.25, 0.3) is 5.91 Å². The molecular formula is C15H10Br2N2O2. The number of amides is 1. The Morgan fingerprint density at radius 2 is 1.90 bits per heavy atom. The zero-order chi connectivity index (χ0) is 15.2. The number of ether oxygens (including phenoxy) is 1. The van der Waals surface area contributed by atoms with Gasteiger partial charge in [-0.25, -0.2) is 0 Å². The summed E-state index contributed by atoms with van der Waals surface area (Å²) in [6.45, 7) is -0.00243. The SMILES string of the molecule is N#CCOc1ccc(NC(=O)c2ccc(Br)cc2Br)cc1. The standard InChI is InChI=1S/C15H10Br2N2O2/c16-10-1-6-13(14(17)9-10)15(20)19-11-2-4-12(5-3-11)21-8-7-18/h1-6,9H,8H2,(H,19,20). The fourth-order valence-electron chi connectivity index (χ4n) is 1.62. The van der Waals surface area contributed by atoms with Crippen LogP contribution in [0.5, 0.6) is 5.75 Å². The molecule has 2 rings (SSSR count). The number of nitrogens with one attached hydrogen (secondary N) is 1. The number of carbonyl (C=O) groups excluding carboxylic acids is 1. The van der Waals surface area contributed by atoms with Crippen LogP contribution in [0.25, 0.3) is 0 Å². The zero-order valence-corrected chi connectivity index (χ0v) is 13.9. The second-order valence-electron chi connectivity index (χ2n) is 4.05. The van der Waals surface area contributed by atoms with Gasteiger partial charge < -0.3 is 10.1 Å². The lowest BCUT2D eigenvalue weighted by molar-refractivity contribution is 0.102. The van der Waals surface area contributed by atoms with Gasteiger partial charge in [0.1, 0.15) is 11.8 Å². The van der Waals surface area contributed by atoms with Gasteiger partial charge in [-0.2, -0.15) is 5.26 Å². The summed E-state index contributed by atoms with van der Waals surface area (Å²) < 4.78 is 6.75. The highest BCUT2D eigenvalue weighted by molar-refractivity contribution is 9.11. The Bertz CT molecular complexity index is 694. The molecule has 4 nitrogen and oxygen atoms in total. The minimum Gasteiger partial charge on any atom is -0.479 e. The fourth-order valence-corrected chi connectivity index (χ4v) is 2.85. The Labute approximate surface area is 139 Å². The molecule has 6 heteroatoms. The van der Waals surface area contributed by atoms with E-state index in [0.29, 0.717) is 21.5 Å². The molecule has 0 bridgehead atoms. The molecule has 0 aliphatic carbocycles. The van der Waals surface area contributed by atoms with E-state index >= 15 is 0 Å².